The summed E-state index contributed by atoms with van der Waals surface area (Å²) < 4.78 is 22.9. The van der Waals surface area contributed by atoms with Gasteiger partial charge in [-0.1, -0.05) is 38.1 Å². The number of Topliss-reactive ketones (excluding diaryl/α,β-unsaturated/α-hetero) is 1. The number of para-hydroxylation sites is 1. The van der Waals surface area contributed by atoms with Crippen LogP contribution in [-0.4, -0.2) is 74.8 Å². The number of carbonyl (C=O) groups excluding carboxylic acids is 2. The maximum absolute atomic E-state index is 13.9. The number of carbonyl (C=O) groups is 2. The molecule has 2 N–H and O–H groups in total. The maximum atomic E-state index is 13.9. The van der Waals surface area contributed by atoms with Crippen LogP contribution in [0.1, 0.15) is 42.4 Å². The Balaban J connectivity index is 1.49. The van der Waals surface area contributed by atoms with Crippen molar-refractivity contribution in [2.45, 2.75) is 26.3 Å². The number of aliphatic hydroxyl groups excluding tert-OH is 1. The van der Waals surface area contributed by atoms with Gasteiger partial charge in [0.15, 0.2) is 23.0 Å². The second-order valence-corrected chi connectivity index (χ2v) is 10.7. The molecule has 0 radical (unpaired) electrons. The van der Waals surface area contributed by atoms with Crippen molar-refractivity contribution in [2.24, 2.45) is 5.92 Å². The van der Waals surface area contributed by atoms with Crippen molar-refractivity contribution in [1.82, 2.24) is 4.90 Å². The van der Waals surface area contributed by atoms with Gasteiger partial charge in [0.05, 0.1) is 51.6 Å². The summed E-state index contributed by atoms with van der Waals surface area (Å²) in [6.45, 7) is 8.84. The minimum absolute atomic E-state index is 0.00318. The number of quaternary nitrogens is 1. The van der Waals surface area contributed by atoms with Crippen molar-refractivity contribution in [1.29, 1.82) is 0 Å². The number of morpholine rings is 1. The third-order valence-corrected chi connectivity index (χ3v) is 7.56. The molecule has 1 atom stereocenters. The van der Waals surface area contributed by atoms with E-state index in [-0.39, 0.29) is 11.3 Å². The van der Waals surface area contributed by atoms with Gasteiger partial charge in [0.2, 0.25) is 5.78 Å². The number of hydrogen-bond donors (Lipinski definition) is 2. The highest BCUT2D eigenvalue weighted by Gasteiger charge is 2.45. The van der Waals surface area contributed by atoms with E-state index in [2.05, 4.69) is 13.8 Å². The van der Waals surface area contributed by atoms with Gasteiger partial charge in [-0.25, -0.2) is 0 Å². The van der Waals surface area contributed by atoms with Crippen LogP contribution in [0.4, 0.5) is 0 Å². The zero-order chi connectivity index (χ0) is 28.2. The molecule has 9 nitrogen and oxygen atoms in total. The molecule has 3 aromatic rings. The zero-order valence-electron chi connectivity index (χ0n) is 23.3. The molecular weight excluding hydrogens is 512 g/mol. The Morgan fingerprint density at radius 1 is 1.12 bits per heavy atom. The normalized spacial score (nSPS) is 18.2. The first-order chi connectivity index (χ1) is 19.4. The van der Waals surface area contributed by atoms with Crippen molar-refractivity contribution < 1.29 is 38.2 Å². The third kappa shape index (κ3) is 5.71. The topological polar surface area (TPSA) is 103 Å². The van der Waals surface area contributed by atoms with Crippen molar-refractivity contribution in [3.8, 4) is 11.5 Å². The summed E-state index contributed by atoms with van der Waals surface area (Å²) in [4.78, 5) is 30.2. The van der Waals surface area contributed by atoms with E-state index in [0.717, 1.165) is 24.9 Å². The number of methoxy groups -OCH3 is 1. The van der Waals surface area contributed by atoms with Gasteiger partial charge in [-0.3, -0.25) is 9.59 Å². The number of aliphatic hydroxyl groups is 1. The summed E-state index contributed by atoms with van der Waals surface area (Å²) in [5, 5.41) is 11.9. The second-order valence-electron chi connectivity index (χ2n) is 10.7. The number of ether oxygens (including phenoxy) is 3. The lowest BCUT2D eigenvalue weighted by Crippen LogP contribution is -3.14. The molecule has 0 saturated carbocycles. The van der Waals surface area contributed by atoms with Gasteiger partial charge in [-0.15, -0.1) is 0 Å². The summed E-state index contributed by atoms with van der Waals surface area (Å²) in [6.07, 6.45) is 0.895. The smallest absolute Gasteiger partial charge is 0.290 e. The van der Waals surface area contributed by atoms with Gasteiger partial charge in [-0.05, 0) is 42.2 Å². The predicted octanol–water partition coefficient (Wildman–Crippen LogP) is 3.36. The molecule has 5 rings (SSSR count). The quantitative estimate of drug-likeness (QED) is 0.354. The van der Waals surface area contributed by atoms with Crippen molar-refractivity contribution in [2.75, 3.05) is 53.1 Å². The first-order valence-corrected chi connectivity index (χ1v) is 13.9. The van der Waals surface area contributed by atoms with E-state index in [1.807, 2.05) is 24.3 Å². The molecule has 40 heavy (non-hydrogen) atoms. The standard InChI is InChI=1S/C31H36N2O7/c1-20(2)10-15-39-24-9-8-22(19-25(24)37-3)28-27(29(34)26-18-21-6-4-5-7-23(21)40-26)30(35)31(36)33(28)12-11-32-13-16-38-17-14-32/h4-9,18-20,28,35H,10-17H2,1-3H3/p+1/t28-/m0/s1. The highest BCUT2D eigenvalue weighted by Crippen LogP contribution is 2.42. The van der Waals surface area contributed by atoms with Crippen molar-refractivity contribution in [3.63, 3.8) is 0 Å². The molecular formula is C31H37N2O7+. The number of nitrogens with one attached hydrogen (secondary N) is 1. The van der Waals surface area contributed by atoms with E-state index in [1.54, 1.807) is 36.3 Å². The number of fused-ring (bicyclic) bond motifs is 1. The second kappa shape index (κ2) is 12.1. The first kappa shape index (κ1) is 27.7. The molecule has 0 bridgehead atoms. The van der Waals surface area contributed by atoms with Crippen LogP contribution < -0.4 is 14.4 Å². The first-order valence-electron chi connectivity index (χ1n) is 13.9. The number of rotatable bonds is 11. The van der Waals surface area contributed by atoms with Gasteiger partial charge in [0.25, 0.3) is 5.91 Å². The van der Waals surface area contributed by atoms with E-state index < -0.39 is 23.5 Å². The Labute approximate surface area is 233 Å². The SMILES string of the molecule is COc1cc([C@H]2C(C(=O)c3cc4ccccc4o3)=C(O)C(=O)N2CC[NH+]2CCOCC2)ccc1OCCC(C)C. The highest BCUT2D eigenvalue weighted by atomic mass is 16.5. The average molecular weight is 550 g/mol. The van der Waals surface area contributed by atoms with Crippen LogP contribution in [-0.2, 0) is 9.53 Å². The largest absolute Gasteiger partial charge is 0.503 e. The Morgan fingerprint density at radius 2 is 1.90 bits per heavy atom. The fourth-order valence-electron chi connectivity index (χ4n) is 5.26. The van der Waals surface area contributed by atoms with Crippen LogP contribution in [0.3, 0.4) is 0 Å². The minimum atomic E-state index is -0.813. The fraction of sp³-hybridized carbons (Fsp3) is 0.419. The van der Waals surface area contributed by atoms with E-state index in [1.165, 1.54) is 4.90 Å². The molecule has 2 aromatic carbocycles. The monoisotopic (exact) mass is 549 g/mol. The number of hydrogen-bond acceptors (Lipinski definition) is 7. The Morgan fingerprint density at radius 3 is 2.62 bits per heavy atom. The van der Waals surface area contributed by atoms with E-state index in [4.69, 9.17) is 18.6 Å². The van der Waals surface area contributed by atoms with Gasteiger partial charge in [0, 0.05) is 5.39 Å². The fourth-order valence-corrected chi connectivity index (χ4v) is 5.26. The lowest BCUT2D eigenvalue weighted by atomic mass is 9.94. The molecule has 1 saturated heterocycles. The number of amides is 1. The van der Waals surface area contributed by atoms with Crippen molar-refractivity contribution in [3.05, 3.63) is 71.2 Å². The van der Waals surface area contributed by atoms with Crippen LogP contribution >= 0.6 is 0 Å². The summed E-state index contributed by atoms with van der Waals surface area (Å²) in [5.41, 5.74) is 1.20. The van der Waals surface area contributed by atoms with Crippen LogP contribution in [0.2, 0.25) is 0 Å². The number of nitrogens with zero attached hydrogens (tertiary/aromatic N) is 1. The summed E-state index contributed by atoms with van der Waals surface area (Å²) in [5.74, 6) is -0.00606. The highest BCUT2D eigenvalue weighted by molar-refractivity contribution is 6.16. The average Bonchev–Trinajstić information content (AvgIpc) is 3.51. The molecule has 212 valence electrons. The molecule has 0 aliphatic carbocycles. The third-order valence-electron chi connectivity index (χ3n) is 7.56. The molecule has 9 heteroatoms. The number of benzene rings is 2. The van der Waals surface area contributed by atoms with E-state index >= 15 is 0 Å². The molecule has 3 heterocycles. The minimum Gasteiger partial charge on any atom is -0.503 e. The molecule has 0 spiro atoms. The lowest BCUT2D eigenvalue weighted by molar-refractivity contribution is -0.907. The molecule has 2 aliphatic heterocycles. The summed E-state index contributed by atoms with van der Waals surface area (Å²) >= 11 is 0. The lowest BCUT2D eigenvalue weighted by Gasteiger charge is -2.30. The van der Waals surface area contributed by atoms with E-state index in [0.29, 0.717) is 61.5 Å². The Bertz CT molecular complexity index is 1370. The molecule has 1 aromatic heterocycles. The Hall–Kier alpha value is -3.82. The van der Waals surface area contributed by atoms with Gasteiger partial charge >= 0.3 is 0 Å². The van der Waals surface area contributed by atoms with Crippen LogP contribution in [0.5, 0.6) is 11.5 Å². The Kier molecular flexibility index (Phi) is 8.42. The number of furan rings is 1. The molecule has 1 fully saturated rings. The molecule has 1 amide bonds. The number of ketones is 1. The van der Waals surface area contributed by atoms with Crippen LogP contribution in [0.15, 0.2) is 64.3 Å². The zero-order valence-corrected chi connectivity index (χ0v) is 23.3. The van der Waals surface area contributed by atoms with Crippen LogP contribution in [0, 0.1) is 5.92 Å². The predicted molar refractivity (Wildman–Crippen MR) is 149 cm³/mol. The maximum Gasteiger partial charge on any atom is 0.290 e. The summed E-state index contributed by atoms with van der Waals surface area (Å²) in [6, 6.07) is 13.5. The summed E-state index contributed by atoms with van der Waals surface area (Å²) in [7, 11) is 1.56. The van der Waals surface area contributed by atoms with Crippen molar-refractivity contribution >= 4 is 22.7 Å². The van der Waals surface area contributed by atoms with Gasteiger partial charge in [0.1, 0.15) is 18.7 Å². The molecule has 0 unspecified atom stereocenters. The van der Waals surface area contributed by atoms with E-state index in [9.17, 15) is 14.7 Å². The van der Waals surface area contributed by atoms with Gasteiger partial charge < -0.3 is 33.5 Å². The van der Waals surface area contributed by atoms with Gasteiger partial charge in [-0.2, -0.15) is 0 Å². The van der Waals surface area contributed by atoms with Crippen LogP contribution in [0.25, 0.3) is 11.0 Å². The molecule has 2 aliphatic rings.